The fourth-order valence-corrected chi connectivity index (χ4v) is 2.90. The van der Waals surface area contributed by atoms with Gasteiger partial charge in [0.25, 0.3) is 0 Å². The predicted octanol–water partition coefficient (Wildman–Crippen LogP) is 3.44. The van der Waals surface area contributed by atoms with E-state index in [1.165, 1.54) is 37.7 Å². The van der Waals surface area contributed by atoms with Crippen molar-refractivity contribution in [2.45, 2.75) is 50.5 Å². The Bertz CT molecular complexity index is 464. The lowest BCUT2D eigenvalue weighted by atomic mass is 9.64. The molecular formula is C17H26IN3. The zero-order chi connectivity index (χ0) is 13.8. The molecule has 2 N–H and O–H groups in total. The molecule has 0 spiro atoms. The number of nitrogens with one attached hydrogen (secondary N) is 2. The second-order valence-corrected chi connectivity index (χ2v) is 6.11. The van der Waals surface area contributed by atoms with E-state index < -0.39 is 0 Å². The fraction of sp³-hybridized carbons (Fsp3) is 0.588. The van der Waals surface area contributed by atoms with Crippen LogP contribution in [0, 0.1) is 0 Å². The van der Waals surface area contributed by atoms with Crippen LogP contribution in [0.25, 0.3) is 0 Å². The van der Waals surface area contributed by atoms with Gasteiger partial charge in [0.1, 0.15) is 0 Å². The van der Waals surface area contributed by atoms with Gasteiger partial charge in [-0.25, -0.2) is 0 Å². The van der Waals surface area contributed by atoms with Gasteiger partial charge in [-0.3, -0.25) is 4.99 Å². The van der Waals surface area contributed by atoms with Gasteiger partial charge in [-0.05, 0) is 38.2 Å². The number of hydrogen-bond acceptors (Lipinski definition) is 1. The molecule has 4 heteroatoms. The molecule has 116 valence electrons. The van der Waals surface area contributed by atoms with Crippen LogP contribution in [0.3, 0.4) is 0 Å². The summed E-state index contributed by atoms with van der Waals surface area (Å²) in [6, 6.07) is 11.6. The normalized spacial score (nSPS) is 20.1. The third-order valence-electron chi connectivity index (χ3n) is 4.50. The van der Waals surface area contributed by atoms with Crippen LogP contribution < -0.4 is 10.6 Å². The molecule has 0 radical (unpaired) electrons. The van der Waals surface area contributed by atoms with Gasteiger partial charge >= 0.3 is 0 Å². The second kappa shape index (κ2) is 7.47. The molecule has 2 aliphatic carbocycles. The molecule has 21 heavy (non-hydrogen) atoms. The summed E-state index contributed by atoms with van der Waals surface area (Å²) in [5.74, 6) is 0.997. The Morgan fingerprint density at radius 1 is 1.24 bits per heavy atom. The Balaban J connectivity index is 0.00000161. The number of hydrogen-bond donors (Lipinski definition) is 2. The molecule has 3 rings (SSSR count). The van der Waals surface area contributed by atoms with Gasteiger partial charge in [0.2, 0.25) is 0 Å². The van der Waals surface area contributed by atoms with E-state index >= 15 is 0 Å². The maximum absolute atomic E-state index is 4.86. The number of benzene rings is 1. The van der Waals surface area contributed by atoms with Crippen LogP contribution in [-0.2, 0) is 5.41 Å². The molecule has 0 atom stereocenters. The lowest BCUT2D eigenvalue weighted by Gasteiger charge is -2.41. The number of rotatable bonds is 5. The Morgan fingerprint density at radius 2 is 1.95 bits per heavy atom. The molecule has 0 unspecified atom stereocenters. The number of guanidine groups is 1. The minimum atomic E-state index is 0. The average Bonchev–Trinajstić information content (AvgIpc) is 3.23. The summed E-state index contributed by atoms with van der Waals surface area (Å²) in [5, 5.41) is 6.87. The van der Waals surface area contributed by atoms with E-state index in [2.05, 4.69) is 47.9 Å². The lowest BCUT2D eigenvalue weighted by molar-refractivity contribution is 0.253. The van der Waals surface area contributed by atoms with Crippen LogP contribution in [0.5, 0.6) is 0 Å². The molecule has 3 nitrogen and oxygen atoms in total. The highest BCUT2D eigenvalue weighted by Gasteiger charge is 2.38. The topological polar surface area (TPSA) is 36.4 Å². The Morgan fingerprint density at radius 3 is 2.48 bits per heavy atom. The molecule has 2 saturated carbocycles. The van der Waals surface area contributed by atoms with Crippen LogP contribution in [0.1, 0.15) is 44.6 Å². The summed E-state index contributed by atoms with van der Waals surface area (Å²) >= 11 is 0. The summed E-state index contributed by atoms with van der Waals surface area (Å²) in [5.41, 5.74) is 1.74. The first-order valence-corrected chi connectivity index (χ1v) is 7.93. The Labute approximate surface area is 145 Å². The van der Waals surface area contributed by atoms with Gasteiger partial charge in [-0.15, -0.1) is 24.0 Å². The van der Waals surface area contributed by atoms with Crippen molar-refractivity contribution in [3.8, 4) is 0 Å². The molecule has 2 fully saturated rings. The van der Waals surface area contributed by atoms with E-state index in [-0.39, 0.29) is 29.4 Å². The standard InChI is InChI=1S/C17H25N3.HI/c1-2-18-16(20-15-9-10-15)19-13-17(11-6-12-17)14-7-4-3-5-8-14;/h3-5,7-8,15H,2,6,9-13H2,1H3,(H2,18,19,20);1H. The molecule has 1 aromatic rings. The maximum Gasteiger partial charge on any atom is 0.191 e. The Hall–Kier alpha value is -0.780. The van der Waals surface area contributed by atoms with Crippen molar-refractivity contribution in [3.05, 3.63) is 35.9 Å². The number of nitrogens with zero attached hydrogens (tertiary/aromatic N) is 1. The lowest BCUT2D eigenvalue weighted by Crippen LogP contribution is -2.42. The van der Waals surface area contributed by atoms with E-state index in [9.17, 15) is 0 Å². The summed E-state index contributed by atoms with van der Waals surface area (Å²) in [7, 11) is 0. The van der Waals surface area contributed by atoms with E-state index in [0.29, 0.717) is 6.04 Å². The monoisotopic (exact) mass is 399 g/mol. The van der Waals surface area contributed by atoms with Crippen molar-refractivity contribution < 1.29 is 0 Å². The highest BCUT2D eigenvalue weighted by molar-refractivity contribution is 14.0. The molecular weight excluding hydrogens is 373 g/mol. The zero-order valence-electron chi connectivity index (χ0n) is 12.8. The van der Waals surface area contributed by atoms with Crippen molar-refractivity contribution >= 4 is 29.9 Å². The van der Waals surface area contributed by atoms with Crippen molar-refractivity contribution in [1.82, 2.24) is 10.6 Å². The molecule has 0 amide bonds. The third-order valence-corrected chi connectivity index (χ3v) is 4.50. The molecule has 0 bridgehead atoms. The van der Waals surface area contributed by atoms with Crippen LogP contribution in [0.15, 0.2) is 35.3 Å². The SMILES string of the molecule is CCNC(=NCC1(c2ccccc2)CCC1)NC1CC1.I. The average molecular weight is 399 g/mol. The van der Waals surface area contributed by atoms with Crippen LogP contribution in [-0.4, -0.2) is 25.1 Å². The van der Waals surface area contributed by atoms with E-state index in [1.807, 2.05) is 0 Å². The third kappa shape index (κ3) is 4.11. The number of halogens is 1. The molecule has 1 aromatic carbocycles. The predicted molar refractivity (Wildman–Crippen MR) is 99.5 cm³/mol. The highest BCUT2D eigenvalue weighted by atomic mass is 127. The second-order valence-electron chi connectivity index (χ2n) is 6.11. The smallest absolute Gasteiger partial charge is 0.191 e. The van der Waals surface area contributed by atoms with Gasteiger partial charge in [0.05, 0.1) is 6.54 Å². The van der Waals surface area contributed by atoms with Crippen LogP contribution >= 0.6 is 24.0 Å². The number of aliphatic imine (C=N–C) groups is 1. The molecule has 0 aromatic heterocycles. The van der Waals surface area contributed by atoms with Gasteiger partial charge in [-0.2, -0.15) is 0 Å². The van der Waals surface area contributed by atoms with Gasteiger partial charge in [0.15, 0.2) is 5.96 Å². The largest absolute Gasteiger partial charge is 0.357 e. The van der Waals surface area contributed by atoms with E-state index in [0.717, 1.165) is 19.0 Å². The van der Waals surface area contributed by atoms with Crippen LogP contribution in [0.2, 0.25) is 0 Å². The van der Waals surface area contributed by atoms with Crippen molar-refractivity contribution in [2.24, 2.45) is 4.99 Å². The fourth-order valence-electron chi connectivity index (χ4n) is 2.90. The summed E-state index contributed by atoms with van der Waals surface area (Å²) in [4.78, 5) is 4.86. The van der Waals surface area contributed by atoms with Crippen molar-refractivity contribution in [1.29, 1.82) is 0 Å². The van der Waals surface area contributed by atoms with Crippen molar-refractivity contribution in [3.63, 3.8) is 0 Å². The van der Waals surface area contributed by atoms with Gasteiger partial charge < -0.3 is 10.6 Å². The zero-order valence-corrected chi connectivity index (χ0v) is 15.1. The Kier molecular flexibility index (Phi) is 5.90. The van der Waals surface area contributed by atoms with E-state index in [4.69, 9.17) is 4.99 Å². The summed E-state index contributed by atoms with van der Waals surface area (Å²) in [6.07, 6.45) is 6.44. The maximum atomic E-state index is 4.86. The highest BCUT2D eigenvalue weighted by Crippen LogP contribution is 2.43. The van der Waals surface area contributed by atoms with Crippen LogP contribution in [0.4, 0.5) is 0 Å². The quantitative estimate of drug-likeness (QED) is 0.452. The van der Waals surface area contributed by atoms with Gasteiger partial charge in [-0.1, -0.05) is 36.8 Å². The van der Waals surface area contributed by atoms with Crippen molar-refractivity contribution in [2.75, 3.05) is 13.1 Å². The minimum Gasteiger partial charge on any atom is -0.357 e. The first-order valence-electron chi connectivity index (χ1n) is 7.93. The summed E-state index contributed by atoms with van der Waals surface area (Å²) < 4.78 is 0. The molecule has 2 aliphatic rings. The molecule has 0 aliphatic heterocycles. The van der Waals surface area contributed by atoms with E-state index in [1.54, 1.807) is 0 Å². The molecule has 0 heterocycles. The first kappa shape index (κ1) is 16.6. The molecule has 0 saturated heterocycles. The van der Waals surface area contributed by atoms with Gasteiger partial charge in [0, 0.05) is 18.0 Å². The summed E-state index contributed by atoms with van der Waals surface area (Å²) in [6.45, 7) is 3.95. The minimum absolute atomic E-state index is 0. The first-order chi connectivity index (χ1) is 9.82.